The standard InChI is InChI=1S/C35H56/c1-3-5-7-9-29-10-14-30(15-11-29)31-16-20-33(21-17-31)35-25-22-34(23-26-35,24-27-35)32-18-12-28(13-19-32)8-6-4-2/h16-17,20-21,28-30,32H,3-15,18-19,22-27H2,1-2H3/t28?,29-,30-,32?,34?,35?. The molecule has 0 spiro atoms. The molecule has 0 unspecified atom stereocenters. The van der Waals surface area contributed by atoms with Crippen molar-refractivity contribution in [1.82, 2.24) is 0 Å². The Hall–Kier alpha value is -0.780. The lowest BCUT2D eigenvalue weighted by atomic mass is 9.47. The molecule has 2 bridgehead atoms. The van der Waals surface area contributed by atoms with Crippen molar-refractivity contribution in [1.29, 1.82) is 0 Å². The number of hydrogen-bond donors (Lipinski definition) is 0. The van der Waals surface area contributed by atoms with Crippen LogP contribution in [0.5, 0.6) is 0 Å². The average Bonchev–Trinajstić information content (AvgIpc) is 2.94. The van der Waals surface area contributed by atoms with Gasteiger partial charge in [0, 0.05) is 0 Å². The molecule has 0 radical (unpaired) electrons. The molecule has 1 aromatic rings. The smallest absolute Gasteiger partial charge is 0.00463 e. The molecule has 5 aliphatic rings. The van der Waals surface area contributed by atoms with Gasteiger partial charge in [-0.3, -0.25) is 0 Å². The first kappa shape index (κ1) is 25.9. The predicted octanol–water partition coefficient (Wildman–Crippen LogP) is 11.1. The monoisotopic (exact) mass is 476 g/mol. The maximum absolute atomic E-state index is 2.58. The second kappa shape index (κ2) is 11.7. The van der Waals surface area contributed by atoms with Crippen LogP contribution in [0.4, 0.5) is 0 Å². The molecule has 0 aliphatic heterocycles. The number of rotatable bonds is 10. The Morgan fingerprint density at radius 3 is 1.71 bits per heavy atom. The van der Waals surface area contributed by atoms with E-state index in [1.165, 1.54) is 109 Å². The van der Waals surface area contributed by atoms with Gasteiger partial charge in [0.1, 0.15) is 0 Å². The van der Waals surface area contributed by atoms with Crippen LogP contribution in [0.25, 0.3) is 0 Å². The van der Waals surface area contributed by atoms with E-state index < -0.39 is 0 Å². The van der Waals surface area contributed by atoms with Crippen LogP contribution in [0.2, 0.25) is 0 Å². The highest BCUT2D eigenvalue weighted by Crippen LogP contribution is 2.62. The van der Waals surface area contributed by atoms with Gasteiger partial charge in [-0.15, -0.1) is 0 Å². The number of benzene rings is 1. The van der Waals surface area contributed by atoms with Crippen molar-refractivity contribution >= 4 is 0 Å². The Morgan fingerprint density at radius 1 is 0.600 bits per heavy atom. The van der Waals surface area contributed by atoms with E-state index >= 15 is 0 Å². The van der Waals surface area contributed by atoms with Crippen molar-refractivity contribution in [3.63, 3.8) is 0 Å². The molecular weight excluding hydrogens is 420 g/mol. The second-order valence-corrected chi connectivity index (χ2v) is 13.8. The van der Waals surface area contributed by atoms with Gasteiger partial charge in [0.05, 0.1) is 0 Å². The fourth-order valence-electron chi connectivity index (χ4n) is 9.39. The zero-order valence-electron chi connectivity index (χ0n) is 23.5. The minimum Gasteiger partial charge on any atom is -0.0654 e. The third-order valence-corrected chi connectivity index (χ3v) is 12.0. The van der Waals surface area contributed by atoms with Crippen molar-refractivity contribution < 1.29 is 0 Å². The highest BCUT2D eigenvalue weighted by Gasteiger charge is 2.52. The molecule has 0 aromatic heterocycles. The molecule has 196 valence electrons. The van der Waals surface area contributed by atoms with Gasteiger partial charge in [0.25, 0.3) is 0 Å². The Kier molecular flexibility index (Phi) is 8.66. The van der Waals surface area contributed by atoms with Gasteiger partial charge in [-0.1, -0.05) is 95.9 Å². The molecule has 0 heterocycles. The molecule has 5 fully saturated rings. The molecular formula is C35H56. The van der Waals surface area contributed by atoms with E-state index in [0.717, 1.165) is 29.1 Å². The highest BCUT2D eigenvalue weighted by molar-refractivity contribution is 5.33. The summed E-state index contributed by atoms with van der Waals surface area (Å²) in [7, 11) is 0. The summed E-state index contributed by atoms with van der Waals surface area (Å²) in [5, 5.41) is 0. The molecule has 1 aromatic carbocycles. The molecule has 0 nitrogen and oxygen atoms in total. The van der Waals surface area contributed by atoms with Gasteiger partial charge >= 0.3 is 0 Å². The van der Waals surface area contributed by atoms with Crippen LogP contribution in [0, 0.1) is 23.2 Å². The maximum atomic E-state index is 2.58. The van der Waals surface area contributed by atoms with Crippen molar-refractivity contribution in [3.8, 4) is 0 Å². The Labute approximate surface area is 218 Å². The maximum Gasteiger partial charge on any atom is -0.00463 e. The van der Waals surface area contributed by atoms with Crippen LogP contribution in [0.1, 0.15) is 166 Å². The summed E-state index contributed by atoms with van der Waals surface area (Å²) < 4.78 is 0. The quantitative estimate of drug-likeness (QED) is 0.294. The van der Waals surface area contributed by atoms with Gasteiger partial charge in [-0.05, 0) is 123 Å². The zero-order valence-corrected chi connectivity index (χ0v) is 23.5. The summed E-state index contributed by atoms with van der Waals surface area (Å²) in [6.07, 6.45) is 31.1. The number of hydrogen-bond acceptors (Lipinski definition) is 0. The zero-order chi connectivity index (χ0) is 24.1. The van der Waals surface area contributed by atoms with Gasteiger partial charge in [0.15, 0.2) is 0 Å². The highest BCUT2D eigenvalue weighted by atomic mass is 14.6. The normalized spacial score (nSPS) is 37.4. The summed E-state index contributed by atoms with van der Waals surface area (Å²) in [5.41, 5.74) is 4.60. The molecule has 6 rings (SSSR count). The van der Waals surface area contributed by atoms with Crippen molar-refractivity contribution in [2.45, 2.75) is 160 Å². The van der Waals surface area contributed by atoms with Crippen molar-refractivity contribution in [2.75, 3.05) is 0 Å². The van der Waals surface area contributed by atoms with E-state index in [1.807, 2.05) is 0 Å². The van der Waals surface area contributed by atoms with Crippen LogP contribution in [0.3, 0.4) is 0 Å². The van der Waals surface area contributed by atoms with Gasteiger partial charge in [0.2, 0.25) is 0 Å². The largest absolute Gasteiger partial charge is 0.0654 e. The molecule has 5 saturated carbocycles. The Balaban J connectivity index is 1.12. The summed E-state index contributed by atoms with van der Waals surface area (Å²) in [6, 6.07) is 10.3. The van der Waals surface area contributed by atoms with Crippen molar-refractivity contribution in [2.24, 2.45) is 23.2 Å². The molecule has 0 atom stereocenters. The van der Waals surface area contributed by atoms with Gasteiger partial charge in [-0.2, -0.15) is 0 Å². The molecule has 0 heteroatoms. The van der Waals surface area contributed by atoms with E-state index in [0.29, 0.717) is 5.41 Å². The lowest BCUT2D eigenvalue weighted by molar-refractivity contribution is -0.0294. The van der Waals surface area contributed by atoms with Crippen LogP contribution in [0.15, 0.2) is 24.3 Å². The van der Waals surface area contributed by atoms with Gasteiger partial charge in [-0.25, -0.2) is 0 Å². The Bertz CT molecular complexity index is 731. The molecule has 0 amide bonds. The minimum atomic E-state index is 0.523. The first-order chi connectivity index (χ1) is 17.2. The predicted molar refractivity (Wildman–Crippen MR) is 152 cm³/mol. The Morgan fingerprint density at radius 2 is 1.14 bits per heavy atom. The van der Waals surface area contributed by atoms with Crippen LogP contribution >= 0.6 is 0 Å². The summed E-state index contributed by atoms with van der Waals surface area (Å²) >= 11 is 0. The van der Waals surface area contributed by atoms with E-state index in [2.05, 4.69) is 38.1 Å². The van der Waals surface area contributed by atoms with E-state index in [1.54, 1.807) is 36.8 Å². The molecule has 5 aliphatic carbocycles. The van der Waals surface area contributed by atoms with E-state index in [-0.39, 0.29) is 0 Å². The summed E-state index contributed by atoms with van der Waals surface area (Å²) in [6.45, 7) is 4.69. The molecule has 35 heavy (non-hydrogen) atoms. The molecule has 0 saturated heterocycles. The van der Waals surface area contributed by atoms with E-state index in [4.69, 9.17) is 0 Å². The minimum absolute atomic E-state index is 0.523. The average molecular weight is 477 g/mol. The molecule has 0 N–H and O–H groups in total. The summed E-state index contributed by atoms with van der Waals surface area (Å²) in [4.78, 5) is 0. The third-order valence-electron chi connectivity index (χ3n) is 12.0. The summed E-state index contributed by atoms with van der Waals surface area (Å²) in [5.74, 6) is 3.97. The fraction of sp³-hybridized carbons (Fsp3) is 0.829. The number of fused-ring (bicyclic) bond motifs is 3. The van der Waals surface area contributed by atoms with E-state index in [9.17, 15) is 0 Å². The SMILES string of the molecule is CCCCC[C@H]1CC[C@H](c2ccc(C34CCC(C5CCC(CCCC)CC5)(CC3)CC4)cc2)CC1. The first-order valence-corrected chi connectivity index (χ1v) is 16.3. The van der Waals surface area contributed by atoms with Crippen LogP contribution in [-0.2, 0) is 5.41 Å². The topological polar surface area (TPSA) is 0 Å². The lowest BCUT2D eigenvalue weighted by Crippen LogP contribution is -2.48. The fourth-order valence-corrected chi connectivity index (χ4v) is 9.39. The third kappa shape index (κ3) is 5.72. The van der Waals surface area contributed by atoms with Crippen LogP contribution < -0.4 is 0 Å². The van der Waals surface area contributed by atoms with Crippen LogP contribution in [-0.4, -0.2) is 0 Å². The lowest BCUT2D eigenvalue weighted by Gasteiger charge is -2.58. The number of unbranched alkanes of at least 4 members (excludes halogenated alkanes) is 3. The second-order valence-electron chi connectivity index (χ2n) is 13.8. The first-order valence-electron chi connectivity index (χ1n) is 16.3. The van der Waals surface area contributed by atoms with Crippen molar-refractivity contribution in [3.05, 3.63) is 35.4 Å². The van der Waals surface area contributed by atoms with Gasteiger partial charge < -0.3 is 0 Å².